The molecule has 3 aromatic carbocycles. The Bertz CT molecular complexity index is 937. The van der Waals surface area contributed by atoms with Crippen LogP contribution in [-0.4, -0.2) is 19.5 Å². The molecule has 5 heteroatoms. The maximum atomic E-state index is 6.49. The Morgan fingerprint density at radius 1 is 0.733 bits per heavy atom. The Morgan fingerprint density at radius 2 is 1.20 bits per heavy atom. The van der Waals surface area contributed by atoms with Gasteiger partial charge < -0.3 is 4.53 Å². The zero-order valence-electron chi connectivity index (χ0n) is 16.7. The first-order valence-electron chi connectivity index (χ1n) is 10.0. The maximum Gasteiger partial charge on any atom is 0.300 e. The van der Waals surface area contributed by atoms with Crippen LogP contribution in [0, 0.1) is 0 Å². The fraction of sp³-hybridized carbons (Fsp3) is 0.120. The molecule has 0 aliphatic heterocycles. The second-order valence-electron chi connectivity index (χ2n) is 7.37. The van der Waals surface area contributed by atoms with E-state index in [0.29, 0.717) is 0 Å². The van der Waals surface area contributed by atoms with Gasteiger partial charge in [-0.05, 0) is 16.7 Å². The summed E-state index contributed by atoms with van der Waals surface area (Å²) in [5.74, 6) is 0. The van der Waals surface area contributed by atoms with E-state index in [9.17, 15) is 0 Å². The minimum atomic E-state index is -2.37. The average Bonchev–Trinajstić information content (AvgIpc) is 3.29. The fourth-order valence-electron chi connectivity index (χ4n) is 3.67. The molecule has 0 spiro atoms. The van der Waals surface area contributed by atoms with Crippen LogP contribution in [0.25, 0.3) is 0 Å². The highest BCUT2D eigenvalue weighted by Gasteiger charge is 2.39. The number of hydrogen-bond donors (Lipinski definition) is 0. The molecule has 0 saturated carbocycles. The summed E-state index contributed by atoms with van der Waals surface area (Å²) < 4.78 is 6.49. The molecular formula is C25H24N2OSSi. The van der Waals surface area contributed by atoms with Gasteiger partial charge in [0.1, 0.15) is 11.2 Å². The molecule has 0 amide bonds. The van der Waals surface area contributed by atoms with E-state index in [2.05, 4.69) is 101 Å². The van der Waals surface area contributed by atoms with Gasteiger partial charge >= 0.3 is 0 Å². The number of nitrogens with zero attached hydrogens (tertiary/aromatic N) is 2. The molecule has 0 saturated heterocycles. The second kappa shape index (κ2) is 10.1. The van der Waals surface area contributed by atoms with Crippen LogP contribution >= 0.6 is 11.3 Å². The highest BCUT2D eigenvalue weighted by atomic mass is 32.1. The van der Waals surface area contributed by atoms with Gasteiger partial charge in [-0.3, -0.25) is 0 Å². The minimum absolute atomic E-state index is 0.858. The van der Waals surface area contributed by atoms with E-state index in [1.54, 1.807) is 23.7 Å². The van der Waals surface area contributed by atoms with Crippen LogP contribution < -0.4 is 0 Å². The Kier molecular flexibility index (Phi) is 6.85. The molecule has 0 aliphatic carbocycles. The number of aromatic nitrogens is 1. The summed E-state index contributed by atoms with van der Waals surface area (Å²) in [6.45, 7) is 0. The van der Waals surface area contributed by atoms with E-state index in [0.717, 1.165) is 23.1 Å². The molecule has 0 atom stereocenters. The van der Waals surface area contributed by atoms with Crippen molar-refractivity contribution >= 4 is 25.9 Å². The van der Waals surface area contributed by atoms with E-state index in [1.165, 1.54) is 16.7 Å². The largest absolute Gasteiger partial charge is 0.454 e. The zero-order valence-corrected chi connectivity index (χ0v) is 18.5. The molecule has 4 aromatic rings. The minimum Gasteiger partial charge on any atom is -0.454 e. The van der Waals surface area contributed by atoms with E-state index in [1.807, 2.05) is 5.38 Å². The summed E-state index contributed by atoms with van der Waals surface area (Å²) in [4.78, 5) is 4.29. The number of rotatable bonds is 9. The van der Waals surface area contributed by atoms with Crippen LogP contribution in [0.3, 0.4) is 0 Å². The van der Waals surface area contributed by atoms with Crippen LogP contribution in [0.4, 0.5) is 0 Å². The highest BCUT2D eigenvalue weighted by molar-refractivity contribution is 7.11. The molecule has 4 rings (SSSR count). The van der Waals surface area contributed by atoms with E-state index >= 15 is 0 Å². The summed E-state index contributed by atoms with van der Waals surface area (Å²) in [6.07, 6.45) is 3.53. The Hall–Kier alpha value is -3.02. The van der Waals surface area contributed by atoms with Crippen LogP contribution in [0.1, 0.15) is 21.7 Å². The molecule has 0 fully saturated rings. The molecule has 30 heavy (non-hydrogen) atoms. The quantitative estimate of drug-likeness (QED) is 0.192. The molecule has 150 valence electrons. The van der Waals surface area contributed by atoms with Crippen molar-refractivity contribution in [3.63, 3.8) is 0 Å². The Labute approximate surface area is 182 Å². The van der Waals surface area contributed by atoms with Crippen molar-refractivity contribution in [2.45, 2.75) is 18.1 Å². The van der Waals surface area contributed by atoms with Crippen molar-refractivity contribution in [3.05, 3.63) is 124 Å². The monoisotopic (exact) mass is 428 g/mol. The predicted molar refractivity (Wildman–Crippen MR) is 127 cm³/mol. The van der Waals surface area contributed by atoms with Gasteiger partial charge in [-0.15, -0.1) is 16.5 Å². The van der Waals surface area contributed by atoms with Crippen molar-refractivity contribution in [1.29, 1.82) is 0 Å². The van der Waals surface area contributed by atoms with Gasteiger partial charge in [-0.1, -0.05) is 91.0 Å². The lowest BCUT2D eigenvalue weighted by Crippen LogP contribution is -2.46. The number of oxime groups is 1. The first kappa shape index (κ1) is 20.3. The molecule has 0 N–H and O–H groups in total. The third kappa shape index (κ3) is 5.75. The third-order valence-electron chi connectivity index (χ3n) is 4.97. The summed E-state index contributed by atoms with van der Waals surface area (Å²) in [6, 6.07) is 34.6. The van der Waals surface area contributed by atoms with Gasteiger partial charge in [0.2, 0.25) is 0 Å². The molecule has 0 aliphatic rings. The topological polar surface area (TPSA) is 34.5 Å². The maximum absolute atomic E-state index is 6.49. The first-order valence-corrected chi connectivity index (χ1v) is 13.5. The van der Waals surface area contributed by atoms with Crippen LogP contribution in [0.5, 0.6) is 0 Å². The van der Waals surface area contributed by atoms with E-state index in [4.69, 9.17) is 4.53 Å². The zero-order chi connectivity index (χ0) is 20.5. The van der Waals surface area contributed by atoms with Gasteiger partial charge in [-0.2, -0.15) is 0 Å². The molecule has 0 unspecified atom stereocenters. The van der Waals surface area contributed by atoms with E-state index < -0.39 is 8.32 Å². The molecular weight excluding hydrogens is 404 g/mol. The Morgan fingerprint density at radius 3 is 1.60 bits per heavy atom. The Balaban J connectivity index is 1.69. The SMILES string of the molecule is C(=NO[Si](Cc1ccccc1)(Cc1ccccc1)Cc1ccccc1)c1nccs1. The number of thiazole rings is 1. The summed E-state index contributed by atoms with van der Waals surface area (Å²) in [5.41, 5.74) is 3.88. The van der Waals surface area contributed by atoms with Crippen LogP contribution in [0.15, 0.2) is 108 Å². The van der Waals surface area contributed by atoms with Gasteiger partial charge in [0.25, 0.3) is 8.32 Å². The first-order chi connectivity index (χ1) is 14.8. The molecule has 1 aromatic heterocycles. The van der Waals surface area contributed by atoms with Crippen LogP contribution in [-0.2, 0) is 22.7 Å². The van der Waals surface area contributed by atoms with Crippen molar-refractivity contribution in [2.75, 3.05) is 0 Å². The van der Waals surface area contributed by atoms with Crippen LogP contribution in [0.2, 0.25) is 0 Å². The lowest BCUT2D eigenvalue weighted by molar-refractivity contribution is 0.319. The standard InChI is InChI=1S/C25H24N2OSSi/c1-4-10-22(11-5-1)19-30(20-23-12-6-2-7-13-23,21-24-14-8-3-9-15-24)28-27-18-25-26-16-17-29-25/h1-18H,19-21H2. The summed E-state index contributed by atoms with van der Waals surface area (Å²) >= 11 is 1.56. The van der Waals surface area contributed by atoms with Crippen molar-refractivity contribution in [3.8, 4) is 0 Å². The van der Waals surface area contributed by atoms with Gasteiger partial charge in [0.15, 0.2) is 0 Å². The smallest absolute Gasteiger partial charge is 0.300 e. The number of hydrogen-bond acceptors (Lipinski definition) is 4. The highest BCUT2D eigenvalue weighted by Crippen LogP contribution is 2.24. The van der Waals surface area contributed by atoms with Crippen molar-refractivity contribution in [1.82, 2.24) is 4.98 Å². The fourth-order valence-corrected chi connectivity index (χ4v) is 7.94. The van der Waals surface area contributed by atoms with Gasteiger partial charge in [0.05, 0.1) is 0 Å². The van der Waals surface area contributed by atoms with E-state index in [-0.39, 0.29) is 0 Å². The summed E-state index contributed by atoms with van der Waals surface area (Å²) in [5, 5.41) is 7.27. The molecule has 3 nitrogen and oxygen atoms in total. The molecule has 1 heterocycles. The third-order valence-corrected chi connectivity index (χ3v) is 9.33. The van der Waals surface area contributed by atoms with Crippen molar-refractivity contribution in [2.24, 2.45) is 5.16 Å². The second-order valence-corrected chi connectivity index (χ2v) is 11.9. The van der Waals surface area contributed by atoms with Gasteiger partial charge in [0, 0.05) is 29.7 Å². The lowest BCUT2D eigenvalue weighted by Gasteiger charge is -2.29. The normalized spacial score (nSPS) is 11.6. The predicted octanol–water partition coefficient (Wildman–Crippen LogP) is 5.78. The molecule has 0 radical (unpaired) electrons. The number of benzene rings is 3. The van der Waals surface area contributed by atoms with Crippen molar-refractivity contribution < 1.29 is 4.53 Å². The molecule has 0 bridgehead atoms. The van der Waals surface area contributed by atoms with Gasteiger partial charge in [-0.25, -0.2) is 4.98 Å². The average molecular weight is 429 g/mol. The summed E-state index contributed by atoms with van der Waals surface area (Å²) in [7, 11) is -2.37. The lowest BCUT2D eigenvalue weighted by atomic mass is 10.2.